The van der Waals surface area contributed by atoms with Crippen molar-refractivity contribution in [2.24, 2.45) is 5.92 Å². The molecule has 1 aromatic carbocycles. The highest BCUT2D eigenvalue weighted by Crippen LogP contribution is 2.25. The Morgan fingerprint density at radius 3 is 2.48 bits per heavy atom. The van der Waals surface area contributed by atoms with Crippen molar-refractivity contribution >= 4 is 17.7 Å². The molecule has 0 heterocycles. The van der Waals surface area contributed by atoms with E-state index in [0.29, 0.717) is 17.2 Å². The van der Waals surface area contributed by atoms with E-state index in [1.807, 2.05) is 6.08 Å². The van der Waals surface area contributed by atoms with E-state index in [1.165, 1.54) is 25.7 Å². The third-order valence-electron chi connectivity index (χ3n) is 3.55. The number of amides is 2. The van der Waals surface area contributed by atoms with Gasteiger partial charge in [-0.15, -0.1) is 0 Å². The number of hydrogen-bond donors (Lipinski definition) is 3. The smallest absolute Gasteiger partial charge is 0.323 e. The van der Waals surface area contributed by atoms with Gasteiger partial charge in [0, 0.05) is 11.9 Å². The molecule has 112 valence electrons. The molecule has 1 aromatic rings. The zero-order valence-electron chi connectivity index (χ0n) is 11.8. The van der Waals surface area contributed by atoms with Crippen LogP contribution in [-0.2, 0) is 11.2 Å². The van der Waals surface area contributed by atoms with Gasteiger partial charge < -0.3 is 15.7 Å². The summed E-state index contributed by atoms with van der Waals surface area (Å²) in [5, 5.41) is 14.1. The minimum Gasteiger partial charge on any atom is -0.481 e. The largest absolute Gasteiger partial charge is 0.481 e. The number of benzene rings is 1. The molecule has 0 spiro atoms. The predicted octanol–water partition coefficient (Wildman–Crippen LogP) is 3.14. The van der Waals surface area contributed by atoms with E-state index < -0.39 is 5.97 Å². The van der Waals surface area contributed by atoms with Gasteiger partial charge >= 0.3 is 12.0 Å². The van der Waals surface area contributed by atoms with Crippen LogP contribution in [0.2, 0.25) is 0 Å². The summed E-state index contributed by atoms with van der Waals surface area (Å²) in [7, 11) is 0. The topological polar surface area (TPSA) is 78.4 Å². The number of carbonyl (C=O) groups excluding carboxylic acids is 1. The molecular weight excluding hydrogens is 268 g/mol. The first kappa shape index (κ1) is 15.1. The van der Waals surface area contributed by atoms with Gasteiger partial charge in [-0.25, -0.2) is 4.79 Å². The average Bonchev–Trinajstić information content (AvgIpc) is 2.93. The number of rotatable bonds is 5. The van der Waals surface area contributed by atoms with E-state index in [1.54, 1.807) is 30.5 Å². The third kappa shape index (κ3) is 5.30. The Morgan fingerprint density at radius 2 is 1.86 bits per heavy atom. The molecule has 0 bridgehead atoms. The second-order valence-corrected chi connectivity index (χ2v) is 5.27. The Bertz CT molecular complexity index is 517. The Balaban J connectivity index is 1.77. The summed E-state index contributed by atoms with van der Waals surface area (Å²) < 4.78 is 0. The number of carbonyl (C=O) groups is 2. The van der Waals surface area contributed by atoms with Crippen molar-refractivity contribution < 1.29 is 14.7 Å². The van der Waals surface area contributed by atoms with Crippen LogP contribution < -0.4 is 10.6 Å². The van der Waals surface area contributed by atoms with E-state index in [4.69, 9.17) is 5.11 Å². The highest BCUT2D eigenvalue weighted by atomic mass is 16.4. The first-order valence-corrected chi connectivity index (χ1v) is 7.18. The maximum absolute atomic E-state index is 11.7. The number of nitrogens with one attached hydrogen (secondary N) is 2. The minimum atomic E-state index is -0.870. The Kier molecular flexibility index (Phi) is 5.37. The first-order valence-electron chi connectivity index (χ1n) is 7.18. The van der Waals surface area contributed by atoms with Crippen LogP contribution in [0.4, 0.5) is 10.5 Å². The number of urea groups is 1. The van der Waals surface area contributed by atoms with E-state index >= 15 is 0 Å². The fourth-order valence-electron chi connectivity index (χ4n) is 2.46. The Labute approximate surface area is 124 Å². The summed E-state index contributed by atoms with van der Waals surface area (Å²) in [6, 6.07) is 6.48. The Morgan fingerprint density at radius 1 is 1.19 bits per heavy atom. The van der Waals surface area contributed by atoms with Crippen molar-refractivity contribution in [1.29, 1.82) is 0 Å². The molecule has 0 radical (unpaired) electrons. The van der Waals surface area contributed by atoms with E-state index in [9.17, 15) is 9.59 Å². The van der Waals surface area contributed by atoms with Gasteiger partial charge in [0.05, 0.1) is 6.42 Å². The Hall–Kier alpha value is -2.30. The quantitative estimate of drug-likeness (QED) is 0.778. The van der Waals surface area contributed by atoms with Gasteiger partial charge in [0.1, 0.15) is 0 Å². The molecule has 0 unspecified atom stereocenters. The highest BCUT2D eigenvalue weighted by molar-refractivity contribution is 5.89. The van der Waals surface area contributed by atoms with Crippen LogP contribution >= 0.6 is 0 Å². The number of hydrogen-bond acceptors (Lipinski definition) is 2. The molecule has 2 rings (SSSR count). The SMILES string of the molecule is O=C(O)Cc1ccc(NC(=O)N/C=C/C2CCCC2)cc1. The van der Waals surface area contributed by atoms with Crippen LogP contribution in [0.1, 0.15) is 31.2 Å². The molecule has 1 aliphatic rings. The normalized spacial score (nSPS) is 15.2. The summed E-state index contributed by atoms with van der Waals surface area (Å²) >= 11 is 0. The molecule has 3 N–H and O–H groups in total. The summed E-state index contributed by atoms with van der Waals surface area (Å²) in [6.07, 6.45) is 8.66. The second-order valence-electron chi connectivity index (χ2n) is 5.27. The van der Waals surface area contributed by atoms with Crippen molar-refractivity contribution in [3.05, 3.63) is 42.1 Å². The summed E-state index contributed by atoms with van der Waals surface area (Å²) in [6.45, 7) is 0. The average molecular weight is 288 g/mol. The molecule has 0 saturated heterocycles. The standard InChI is InChI=1S/C16H20N2O3/c19-15(20)11-13-5-7-14(8-6-13)18-16(21)17-10-9-12-3-1-2-4-12/h5-10,12H,1-4,11H2,(H,19,20)(H2,17,18,21)/b10-9+. The second kappa shape index (κ2) is 7.47. The summed E-state index contributed by atoms with van der Waals surface area (Å²) in [5.74, 6) is -0.286. The van der Waals surface area contributed by atoms with Crippen LogP contribution in [0.5, 0.6) is 0 Å². The van der Waals surface area contributed by atoms with Crippen molar-refractivity contribution in [3.63, 3.8) is 0 Å². The number of aliphatic carboxylic acids is 1. The first-order chi connectivity index (χ1) is 10.1. The lowest BCUT2D eigenvalue weighted by Gasteiger charge is -2.06. The van der Waals surface area contributed by atoms with Crippen molar-refractivity contribution in [3.8, 4) is 0 Å². The molecule has 0 atom stereocenters. The van der Waals surface area contributed by atoms with Gasteiger partial charge in [-0.05, 0) is 36.5 Å². The molecule has 1 fully saturated rings. The maximum atomic E-state index is 11.7. The van der Waals surface area contributed by atoms with Crippen molar-refractivity contribution in [1.82, 2.24) is 5.32 Å². The van der Waals surface area contributed by atoms with Gasteiger partial charge in [0.15, 0.2) is 0 Å². The van der Waals surface area contributed by atoms with Crippen LogP contribution in [0.15, 0.2) is 36.5 Å². The lowest BCUT2D eigenvalue weighted by atomic mass is 10.1. The number of carboxylic acid groups (broad SMARTS) is 1. The molecular formula is C16H20N2O3. The lowest BCUT2D eigenvalue weighted by Crippen LogP contribution is -2.24. The van der Waals surface area contributed by atoms with Crippen molar-refractivity contribution in [2.75, 3.05) is 5.32 Å². The molecule has 2 amide bonds. The van der Waals surface area contributed by atoms with Gasteiger partial charge in [-0.2, -0.15) is 0 Å². The summed E-state index contributed by atoms with van der Waals surface area (Å²) in [5.41, 5.74) is 1.34. The molecule has 0 aliphatic heterocycles. The van der Waals surface area contributed by atoms with E-state index in [2.05, 4.69) is 10.6 Å². The van der Waals surface area contributed by atoms with Crippen LogP contribution in [0.25, 0.3) is 0 Å². The molecule has 0 aromatic heterocycles. The zero-order chi connectivity index (χ0) is 15.1. The van der Waals surface area contributed by atoms with Gasteiger partial charge in [-0.3, -0.25) is 4.79 Å². The predicted molar refractivity (Wildman–Crippen MR) is 81.0 cm³/mol. The molecule has 1 saturated carbocycles. The van der Waals surface area contributed by atoms with Gasteiger partial charge in [0.25, 0.3) is 0 Å². The van der Waals surface area contributed by atoms with Crippen LogP contribution in [0, 0.1) is 5.92 Å². The molecule has 21 heavy (non-hydrogen) atoms. The van der Waals surface area contributed by atoms with E-state index in [0.717, 1.165) is 0 Å². The van der Waals surface area contributed by atoms with Crippen molar-refractivity contribution in [2.45, 2.75) is 32.1 Å². The number of anilines is 1. The molecule has 5 nitrogen and oxygen atoms in total. The molecule has 1 aliphatic carbocycles. The fourth-order valence-corrected chi connectivity index (χ4v) is 2.46. The monoisotopic (exact) mass is 288 g/mol. The van der Waals surface area contributed by atoms with Crippen LogP contribution in [0.3, 0.4) is 0 Å². The zero-order valence-corrected chi connectivity index (χ0v) is 11.8. The maximum Gasteiger partial charge on any atom is 0.323 e. The lowest BCUT2D eigenvalue weighted by molar-refractivity contribution is -0.136. The number of allylic oxidation sites excluding steroid dienone is 1. The van der Waals surface area contributed by atoms with E-state index in [-0.39, 0.29) is 12.5 Å². The van der Waals surface area contributed by atoms with Gasteiger partial charge in [0.2, 0.25) is 0 Å². The summed E-state index contributed by atoms with van der Waals surface area (Å²) in [4.78, 5) is 22.3. The molecule has 5 heteroatoms. The number of carboxylic acids is 1. The van der Waals surface area contributed by atoms with Gasteiger partial charge in [-0.1, -0.05) is 31.1 Å². The fraction of sp³-hybridized carbons (Fsp3) is 0.375. The third-order valence-corrected chi connectivity index (χ3v) is 3.55. The minimum absolute atomic E-state index is 0.0173. The van der Waals surface area contributed by atoms with Crippen LogP contribution in [-0.4, -0.2) is 17.1 Å². The highest BCUT2D eigenvalue weighted by Gasteiger charge is 2.11.